The third kappa shape index (κ3) is 2.09. The zero-order valence-electron chi connectivity index (χ0n) is 7.29. The van der Waals surface area contributed by atoms with Crippen LogP contribution in [0.5, 0.6) is 0 Å². The van der Waals surface area contributed by atoms with Gasteiger partial charge in [0.05, 0.1) is 19.3 Å². The van der Waals surface area contributed by atoms with E-state index in [0.29, 0.717) is 0 Å². The van der Waals surface area contributed by atoms with Crippen molar-refractivity contribution in [3.63, 3.8) is 0 Å². The molecule has 1 heterocycles. The highest BCUT2D eigenvalue weighted by molar-refractivity contribution is 5.67. The van der Waals surface area contributed by atoms with Gasteiger partial charge in [0, 0.05) is 20.2 Å². The van der Waals surface area contributed by atoms with Crippen molar-refractivity contribution in [2.24, 2.45) is 0 Å². The van der Waals surface area contributed by atoms with Crippen LogP contribution in [0.4, 0.5) is 4.79 Å². The molecule has 0 bridgehead atoms. The van der Waals surface area contributed by atoms with Crippen LogP contribution in [-0.2, 0) is 9.47 Å². The first-order valence-corrected chi connectivity index (χ1v) is 3.86. The lowest BCUT2D eigenvalue weighted by molar-refractivity contribution is 0.0916. The van der Waals surface area contributed by atoms with E-state index in [0.717, 1.165) is 13.1 Å². The van der Waals surface area contributed by atoms with Gasteiger partial charge in [-0.1, -0.05) is 0 Å². The van der Waals surface area contributed by atoms with Crippen LogP contribution in [0, 0.1) is 0 Å². The van der Waals surface area contributed by atoms with Gasteiger partial charge in [-0.2, -0.15) is 0 Å². The Labute approximate surface area is 71.4 Å². The van der Waals surface area contributed by atoms with Crippen molar-refractivity contribution < 1.29 is 14.3 Å². The molecule has 2 N–H and O–H groups in total. The Bertz CT molecular complexity index is 163. The molecular weight excluding hydrogens is 160 g/mol. The molecule has 1 amide bonds. The van der Waals surface area contributed by atoms with E-state index in [1.165, 1.54) is 7.11 Å². The minimum absolute atomic E-state index is 0.0162. The van der Waals surface area contributed by atoms with Gasteiger partial charge in [0.2, 0.25) is 0 Å². The maximum absolute atomic E-state index is 10.8. The minimum Gasteiger partial charge on any atom is -0.453 e. The Kier molecular flexibility index (Phi) is 3.31. The van der Waals surface area contributed by atoms with Gasteiger partial charge in [-0.3, -0.25) is 0 Å². The number of hydrogen-bond donors (Lipinski definition) is 2. The van der Waals surface area contributed by atoms with Crippen LogP contribution in [0.2, 0.25) is 0 Å². The Morgan fingerprint density at radius 2 is 2.25 bits per heavy atom. The molecule has 1 rings (SSSR count). The number of ether oxygens (including phenoxy) is 2. The van der Waals surface area contributed by atoms with Crippen molar-refractivity contribution >= 4 is 6.09 Å². The second kappa shape index (κ2) is 4.27. The van der Waals surface area contributed by atoms with E-state index in [1.54, 1.807) is 7.11 Å². The minimum atomic E-state index is -0.411. The Morgan fingerprint density at radius 1 is 1.50 bits per heavy atom. The lowest BCUT2D eigenvalue weighted by Crippen LogP contribution is -2.43. The van der Waals surface area contributed by atoms with Crippen LogP contribution >= 0.6 is 0 Å². The molecule has 1 aliphatic rings. The molecule has 2 unspecified atom stereocenters. The summed E-state index contributed by atoms with van der Waals surface area (Å²) in [5.74, 6) is 0. The third-order valence-electron chi connectivity index (χ3n) is 1.95. The van der Waals surface area contributed by atoms with Gasteiger partial charge >= 0.3 is 6.09 Å². The summed E-state index contributed by atoms with van der Waals surface area (Å²) in [5, 5.41) is 5.79. The number of hydrogen-bond acceptors (Lipinski definition) is 4. The number of rotatable bonds is 2. The molecule has 0 aliphatic carbocycles. The van der Waals surface area contributed by atoms with Crippen molar-refractivity contribution in [2.75, 3.05) is 27.3 Å². The number of carbonyl (C=O) groups excluding carboxylic acids is 1. The van der Waals surface area contributed by atoms with E-state index >= 15 is 0 Å². The summed E-state index contributed by atoms with van der Waals surface area (Å²) >= 11 is 0. The van der Waals surface area contributed by atoms with E-state index in [2.05, 4.69) is 15.4 Å². The first-order chi connectivity index (χ1) is 5.77. The highest BCUT2D eigenvalue weighted by Crippen LogP contribution is 2.03. The fourth-order valence-corrected chi connectivity index (χ4v) is 1.26. The lowest BCUT2D eigenvalue weighted by atomic mass is 10.2. The van der Waals surface area contributed by atoms with E-state index in [1.807, 2.05) is 0 Å². The largest absolute Gasteiger partial charge is 0.453 e. The number of carbonyl (C=O) groups is 1. The standard InChI is InChI=1S/C7H14N2O3/c1-11-6-4-8-3-5(6)9-7(10)12-2/h5-6,8H,3-4H2,1-2H3,(H,9,10). The topological polar surface area (TPSA) is 59.6 Å². The maximum Gasteiger partial charge on any atom is 0.407 e. The normalized spacial score (nSPS) is 28.5. The van der Waals surface area contributed by atoms with Crippen LogP contribution in [0.15, 0.2) is 0 Å². The van der Waals surface area contributed by atoms with Gasteiger partial charge in [-0.15, -0.1) is 0 Å². The highest BCUT2D eigenvalue weighted by atomic mass is 16.5. The van der Waals surface area contributed by atoms with Crippen molar-refractivity contribution in [2.45, 2.75) is 12.1 Å². The van der Waals surface area contributed by atoms with Crippen molar-refractivity contribution in [1.29, 1.82) is 0 Å². The van der Waals surface area contributed by atoms with E-state index in [4.69, 9.17) is 4.74 Å². The Balaban J connectivity index is 2.35. The molecule has 1 fully saturated rings. The molecule has 0 radical (unpaired) electrons. The van der Waals surface area contributed by atoms with Gasteiger partial charge in [0.1, 0.15) is 0 Å². The number of amides is 1. The SMILES string of the molecule is COC(=O)NC1CNCC1OC. The number of methoxy groups -OCH3 is 2. The summed E-state index contributed by atoms with van der Waals surface area (Å²) in [4.78, 5) is 10.8. The maximum atomic E-state index is 10.8. The molecule has 0 aromatic carbocycles. The number of alkyl carbamates (subject to hydrolysis) is 1. The van der Waals surface area contributed by atoms with Crippen LogP contribution in [0.25, 0.3) is 0 Å². The van der Waals surface area contributed by atoms with E-state index < -0.39 is 6.09 Å². The van der Waals surface area contributed by atoms with E-state index in [-0.39, 0.29) is 12.1 Å². The summed E-state index contributed by atoms with van der Waals surface area (Å²) in [7, 11) is 2.98. The van der Waals surface area contributed by atoms with Crippen molar-refractivity contribution in [1.82, 2.24) is 10.6 Å². The van der Waals surface area contributed by atoms with Crippen molar-refractivity contribution in [3.05, 3.63) is 0 Å². The van der Waals surface area contributed by atoms with Crippen LogP contribution in [-0.4, -0.2) is 45.5 Å². The summed E-state index contributed by atoms with van der Waals surface area (Å²) in [6, 6.07) is 0.0162. The molecule has 12 heavy (non-hydrogen) atoms. The zero-order chi connectivity index (χ0) is 8.97. The average molecular weight is 174 g/mol. The third-order valence-corrected chi connectivity index (χ3v) is 1.95. The molecule has 1 saturated heterocycles. The van der Waals surface area contributed by atoms with E-state index in [9.17, 15) is 4.79 Å². The smallest absolute Gasteiger partial charge is 0.407 e. The quantitative estimate of drug-likeness (QED) is 0.583. The van der Waals surface area contributed by atoms with Crippen LogP contribution in [0.3, 0.4) is 0 Å². The lowest BCUT2D eigenvalue weighted by Gasteiger charge is -2.17. The second-order valence-corrected chi connectivity index (χ2v) is 2.67. The summed E-state index contributed by atoms with van der Waals surface area (Å²) < 4.78 is 9.61. The summed E-state index contributed by atoms with van der Waals surface area (Å²) in [5.41, 5.74) is 0. The van der Waals surface area contributed by atoms with Gasteiger partial charge < -0.3 is 20.1 Å². The molecule has 0 aromatic rings. The van der Waals surface area contributed by atoms with Crippen molar-refractivity contribution in [3.8, 4) is 0 Å². The van der Waals surface area contributed by atoms with Gasteiger partial charge in [-0.05, 0) is 0 Å². The predicted octanol–water partition coefficient (Wildman–Crippen LogP) is -0.671. The molecular formula is C7H14N2O3. The Hall–Kier alpha value is -0.810. The fourth-order valence-electron chi connectivity index (χ4n) is 1.26. The summed E-state index contributed by atoms with van der Waals surface area (Å²) in [6.45, 7) is 1.50. The molecule has 0 spiro atoms. The summed E-state index contributed by atoms with van der Waals surface area (Å²) in [6.07, 6.45) is -0.366. The Morgan fingerprint density at radius 3 is 2.83 bits per heavy atom. The monoisotopic (exact) mass is 174 g/mol. The zero-order valence-corrected chi connectivity index (χ0v) is 7.29. The molecule has 5 nitrogen and oxygen atoms in total. The molecule has 0 saturated carbocycles. The van der Waals surface area contributed by atoms with Crippen LogP contribution < -0.4 is 10.6 Å². The second-order valence-electron chi connectivity index (χ2n) is 2.67. The molecule has 2 atom stereocenters. The first-order valence-electron chi connectivity index (χ1n) is 3.86. The van der Waals surface area contributed by atoms with Crippen LogP contribution in [0.1, 0.15) is 0 Å². The average Bonchev–Trinajstić information content (AvgIpc) is 2.51. The highest BCUT2D eigenvalue weighted by Gasteiger charge is 2.28. The molecule has 5 heteroatoms. The fraction of sp³-hybridized carbons (Fsp3) is 0.857. The predicted molar refractivity (Wildman–Crippen MR) is 43.0 cm³/mol. The number of nitrogens with one attached hydrogen (secondary N) is 2. The molecule has 0 aromatic heterocycles. The molecule has 1 aliphatic heterocycles. The molecule has 70 valence electrons. The first kappa shape index (κ1) is 9.28. The van der Waals surface area contributed by atoms with Gasteiger partial charge in [-0.25, -0.2) is 4.79 Å². The van der Waals surface area contributed by atoms with Gasteiger partial charge in [0.15, 0.2) is 0 Å². The van der Waals surface area contributed by atoms with Gasteiger partial charge in [0.25, 0.3) is 0 Å².